The van der Waals surface area contributed by atoms with Gasteiger partial charge in [-0.15, -0.1) is 23.1 Å². The van der Waals surface area contributed by atoms with E-state index < -0.39 is 0 Å². The summed E-state index contributed by atoms with van der Waals surface area (Å²) in [4.78, 5) is 17.3. The molecule has 0 radical (unpaired) electrons. The van der Waals surface area contributed by atoms with Crippen molar-refractivity contribution in [1.29, 1.82) is 0 Å². The van der Waals surface area contributed by atoms with Crippen molar-refractivity contribution in [3.63, 3.8) is 0 Å². The molecule has 0 saturated carbocycles. The maximum Gasteiger partial charge on any atom is 0.226 e. The van der Waals surface area contributed by atoms with Crippen molar-refractivity contribution in [2.45, 2.75) is 30.9 Å². The van der Waals surface area contributed by atoms with Crippen LogP contribution in [0.5, 0.6) is 0 Å². The largest absolute Gasteiger partial charge is 0.302 e. The highest BCUT2D eigenvalue weighted by molar-refractivity contribution is 7.98. The zero-order valence-electron chi connectivity index (χ0n) is 11.6. The van der Waals surface area contributed by atoms with Crippen LogP contribution in [0.1, 0.15) is 26.0 Å². The summed E-state index contributed by atoms with van der Waals surface area (Å²) in [7, 11) is 0. The quantitative estimate of drug-likeness (QED) is 0.803. The maximum absolute atomic E-state index is 11.7. The molecular formula is C15H18N2OS2. The van der Waals surface area contributed by atoms with Crippen LogP contribution in [0.25, 0.3) is 0 Å². The van der Waals surface area contributed by atoms with Crippen LogP contribution < -0.4 is 5.32 Å². The van der Waals surface area contributed by atoms with Crippen molar-refractivity contribution in [2.24, 2.45) is 5.92 Å². The monoisotopic (exact) mass is 306 g/mol. The average molecular weight is 306 g/mol. The van der Waals surface area contributed by atoms with Gasteiger partial charge in [-0.25, -0.2) is 4.98 Å². The number of aromatic nitrogens is 1. The standard InChI is InChI=1S/C15H18N2OS2/c1-11(2)8-14(18)17-15-16-12(10-20-15)9-19-13-6-4-3-5-7-13/h3-7,10-11H,8-9H2,1-2H3,(H,16,17,18). The molecule has 3 nitrogen and oxygen atoms in total. The van der Waals surface area contributed by atoms with Crippen molar-refractivity contribution in [3.05, 3.63) is 41.4 Å². The molecule has 0 unspecified atom stereocenters. The predicted octanol–water partition coefficient (Wildman–Crippen LogP) is 4.42. The first-order valence-corrected chi connectivity index (χ1v) is 8.42. The Labute approximate surface area is 127 Å². The fourth-order valence-electron chi connectivity index (χ4n) is 1.65. The third kappa shape index (κ3) is 4.98. The van der Waals surface area contributed by atoms with Gasteiger partial charge in [0, 0.05) is 22.4 Å². The summed E-state index contributed by atoms with van der Waals surface area (Å²) >= 11 is 3.23. The Kier molecular flexibility index (Phi) is 5.61. The number of anilines is 1. The number of carbonyl (C=O) groups is 1. The first-order valence-electron chi connectivity index (χ1n) is 6.55. The molecule has 1 amide bonds. The van der Waals surface area contributed by atoms with E-state index in [0.717, 1.165) is 11.4 Å². The lowest BCUT2D eigenvalue weighted by Crippen LogP contribution is -2.13. The van der Waals surface area contributed by atoms with Gasteiger partial charge in [0.2, 0.25) is 5.91 Å². The van der Waals surface area contributed by atoms with Gasteiger partial charge in [-0.1, -0.05) is 32.0 Å². The molecular weight excluding hydrogens is 288 g/mol. The Morgan fingerprint density at radius 3 is 2.80 bits per heavy atom. The van der Waals surface area contributed by atoms with E-state index in [1.54, 1.807) is 11.8 Å². The number of rotatable bonds is 6. The molecule has 0 saturated heterocycles. The van der Waals surface area contributed by atoms with Gasteiger partial charge in [0.1, 0.15) is 0 Å². The molecule has 0 aliphatic carbocycles. The summed E-state index contributed by atoms with van der Waals surface area (Å²) in [5.74, 6) is 1.22. The second kappa shape index (κ2) is 7.45. The predicted molar refractivity (Wildman–Crippen MR) is 86.2 cm³/mol. The van der Waals surface area contributed by atoms with Crippen molar-refractivity contribution < 1.29 is 4.79 Å². The number of thiazole rings is 1. The lowest BCUT2D eigenvalue weighted by Gasteiger charge is -2.03. The van der Waals surface area contributed by atoms with Crippen LogP contribution in [0.3, 0.4) is 0 Å². The molecule has 0 aliphatic heterocycles. The van der Waals surface area contributed by atoms with Gasteiger partial charge in [0.25, 0.3) is 0 Å². The molecule has 2 rings (SSSR count). The summed E-state index contributed by atoms with van der Waals surface area (Å²) in [5, 5.41) is 5.55. The van der Waals surface area contributed by atoms with Crippen LogP contribution in [0.4, 0.5) is 5.13 Å². The normalized spacial score (nSPS) is 10.8. The number of hydrogen-bond acceptors (Lipinski definition) is 4. The van der Waals surface area contributed by atoms with Crippen LogP contribution in [-0.4, -0.2) is 10.9 Å². The topological polar surface area (TPSA) is 42.0 Å². The molecule has 0 atom stereocenters. The van der Waals surface area contributed by atoms with Gasteiger partial charge >= 0.3 is 0 Å². The molecule has 1 heterocycles. The SMILES string of the molecule is CC(C)CC(=O)Nc1nc(CSc2ccccc2)cs1. The fourth-order valence-corrected chi connectivity index (χ4v) is 3.29. The highest BCUT2D eigenvalue weighted by atomic mass is 32.2. The van der Waals surface area contributed by atoms with Crippen molar-refractivity contribution in [3.8, 4) is 0 Å². The first kappa shape index (κ1) is 15.1. The number of nitrogens with zero attached hydrogens (tertiary/aromatic N) is 1. The molecule has 5 heteroatoms. The second-order valence-corrected chi connectivity index (χ2v) is 6.80. The summed E-state index contributed by atoms with van der Waals surface area (Å²) in [5.41, 5.74) is 1.00. The number of hydrogen-bond donors (Lipinski definition) is 1. The van der Waals surface area contributed by atoms with Crippen LogP contribution in [0.15, 0.2) is 40.6 Å². The van der Waals surface area contributed by atoms with Gasteiger partial charge in [0.15, 0.2) is 5.13 Å². The first-order chi connectivity index (χ1) is 9.63. The second-order valence-electron chi connectivity index (χ2n) is 4.89. The van der Waals surface area contributed by atoms with Crippen LogP contribution in [0.2, 0.25) is 0 Å². The molecule has 0 fully saturated rings. The van der Waals surface area contributed by atoms with Gasteiger partial charge < -0.3 is 5.32 Å². The summed E-state index contributed by atoms with van der Waals surface area (Å²) < 4.78 is 0. The molecule has 0 bridgehead atoms. The Bertz CT molecular complexity index is 552. The Balaban J connectivity index is 1.84. The molecule has 2 aromatic rings. The summed E-state index contributed by atoms with van der Waals surface area (Å²) in [6.45, 7) is 4.06. The van der Waals surface area contributed by atoms with Crippen molar-refractivity contribution in [2.75, 3.05) is 5.32 Å². The molecule has 0 aliphatic rings. The lowest BCUT2D eigenvalue weighted by molar-refractivity contribution is -0.116. The molecule has 20 heavy (non-hydrogen) atoms. The molecule has 1 N–H and O–H groups in total. The molecule has 1 aromatic heterocycles. The van der Waals surface area contributed by atoms with Gasteiger partial charge in [-0.05, 0) is 18.1 Å². The smallest absolute Gasteiger partial charge is 0.226 e. The minimum Gasteiger partial charge on any atom is -0.302 e. The van der Waals surface area contributed by atoms with E-state index in [0.29, 0.717) is 17.5 Å². The number of nitrogens with one attached hydrogen (secondary N) is 1. The van der Waals surface area contributed by atoms with E-state index in [1.807, 2.05) is 37.4 Å². The Morgan fingerprint density at radius 2 is 2.10 bits per heavy atom. The number of amides is 1. The van der Waals surface area contributed by atoms with E-state index in [4.69, 9.17) is 0 Å². The fraction of sp³-hybridized carbons (Fsp3) is 0.333. The van der Waals surface area contributed by atoms with E-state index >= 15 is 0 Å². The van der Waals surface area contributed by atoms with Gasteiger partial charge in [-0.3, -0.25) is 4.79 Å². The maximum atomic E-state index is 11.7. The highest BCUT2D eigenvalue weighted by Gasteiger charge is 2.08. The van der Waals surface area contributed by atoms with E-state index in [1.165, 1.54) is 16.2 Å². The highest BCUT2D eigenvalue weighted by Crippen LogP contribution is 2.24. The van der Waals surface area contributed by atoms with Crippen LogP contribution >= 0.6 is 23.1 Å². The minimum absolute atomic E-state index is 0.0385. The third-order valence-electron chi connectivity index (χ3n) is 2.52. The van der Waals surface area contributed by atoms with Crippen LogP contribution in [0, 0.1) is 5.92 Å². The summed E-state index contributed by atoms with van der Waals surface area (Å²) in [6, 6.07) is 10.2. The zero-order chi connectivity index (χ0) is 14.4. The minimum atomic E-state index is 0.0385. The van der Waals surface area contributed by atoms with E-state index in [9.17, 15) is 4.79 Å². The van der Waals surface area contributed by atoms with Gasteiger partial charge in [-0.2, -0.15) is 0 Å². The third-order valence-corrected chi connectivity index (χ3v) is 4.37. The Morgan fingerprint density at radius 1 is 1.35 bits per heavy atom. The van der Waals surface area contributed by atoms with Crippen LogP contribution in [-0.2, 0) is 10.5 Å². The summed E-state index contributed by atoms with van der Waals surface area (Å²) in [6.07, 6.45) is 0.535. The lowest BCUT2D eigenvalue weighted by atomic mass is 10.1. The van der Waals surface area contributed by atoms with Gasteiger partial charge in [0.05, 0.1) is 5.69 Å². The average Bonchev–Trinajstić information content (AvgIpc) is 2.84. The Hall–Kier alpha value is -1.33. The molecule has 106 valence electrons. The van der Waals surface area contributed by atoms with E-state index in [2.05, 4.69) is 22.4 Å². The molecule has 1 aromatic carbocycles. The molecule has 0 spiro atoms. The number of thioether (sulfide) groups is 1. The number of carbonyl (C=O) groups excluding carboxylic acids is 1. The van der Waals surface area contributed by atoms with Crippen molar-refractivity contribution >= 4 is 34.1 Å². The number of benzene rings is 1. The van der Waals surface area contributed by atoms with E-state index in [-0.39, 0.29) is 5.91 Å². The zero-order valence-corrected chi connectivity index (χ0v) is 13.3. The van der Waals surface area contributed by atoms with Crippen molar-refractivity contribution in [1.82, 2.24) is 4.98 Å².